The summed E-state index contributed by atoms with van der Waals surface area (Å²) in [4.78, 5) is 2.68. The summed E-state index contributed by atoms with van der Waals surface area (Å²) < 4.78 is 0. The van der Waals surface area contributed by atoms with E-state index in [0.717, 1.165) is 18.1 Å². The summed E-state index contributed by atoms with van der Waals surface area (Å²) in [6, 6.07) is 15.0. The van der Waals surface area contributed by atoms with Crippen LogP contribution in [0.1, 0.15) is 29.9 Å². The first-order chi connectivity index (χ1) is 10.2. The molecule has 2 aromatic carbocycles. The minimum absolute atomic E-state index is 0.683. The molecule has 1 N–H and O–H groups in total. The average molecular weight is 318 g/mol. The zero-order chi connectivity index (χ0) is 14.7. The number of rotatable bonds is 3. The van der Waals surface area contributed by atoms with E-state index in [2.05, 4.69) is 42.6 Å². The average Bonchev–Trinajstić information content (AvgIpc) is 2.51. The normalized spacial score (nSPS) is 16.1. The minimum Gasteiger partial charge on any atom is -0.317 e. The second kappa shape index (κ2) is 6.87. The van der Waals surface area contributed by atoms with E-state index in [1.165, 1.54) is 33.8 Å². The molecule has 2 aromatic rings. The Hall–Kier alpha value is -0.960. The Morgan fingerprint density at radius 3 is 2.57 bits per heavy atom. The predicted molar refractivity (Wildman–Crippen MR) is 91.6 cm³/mol. The largest absolute Gasteiger partial charge is 0.317 e. The molecule has 1 heterocycles. The quantitative estimate of drug-likeness (QED) is 0.828. The van der Waals surface area contributed by atoms with Crippen LogP contribution in [-0.4, -0.2) is 13.1 Å². The number of benzene rings is 2. The molecule has 1 aliphatic rings. The molecule has 0 amide bonds. The minimum atomic E-state index is 0.683. The van der Waals surface area contributed by atoms with Crippen molar-refractivity contribution in [2.45, 2.75) is 35.5 Å². The number of piperidine rings is 1. The maximum Gasteiger partial charge on any atom is 0.0409 e. The molecule has 0 spiro atoms. The zero-order valence-electron chi connectivity index (χ0n) is 12.2. The highest BCUT2D eigenvalue weighted by molar-refractivity contribution is 7.99. The van der Waals surface area contributed by atoms with Gasteiger partial charge in [-0.2, -0.15) is 0 Å². The summed E-state index contributed by atoms with van der Waals surface area (Å²) in [5.41, 5.74) is 2.74. The van der Waals surface area contributed by atoms with E-state index >= 15 is 0 Å². The maximum atomic E-state index is 6.06. The van der Waals surface area contributed by atoms with E-state index < -0.39 is 0 Å². The summed E-state index contributed by atoms with van der Waals surface area (Å²) in [7, 11) is 0. The third-order valence-corrected chi connectivity index (χ3v) is 5.56. The monoisotopic (exact) mass is 317 g/mol. The van der Waals surface area contributed by atoms with Gasteiger partial charge in [0.05, 0.1) is 0 Å². The first kappa shape index (κ1) is 15.0. The van der Waals surface area contributed by atoms with E-state index in [-0.39, 0.29) is 0 Å². The standard InChI is InChI=1S/C18H20ClNS/c1-13-12-15(19)6-7-17(13)21-18-5-3-2-4-16(18)14-8-10-20-11-9-14/h2-7,12,14,20H,8-11H2,1H3. The molecule has 0 atom stereocenters. The Morgan fingerprint density at radius 1 is 1.05 bits per heavy atom. The second-order valence-corrected chi connectivity index (χ2v) is 7.09. The fourth-order valence-corrected chi connectivity index (χ4v) is 4.21. The molecule has 21 heavy (non-hydrogen) atoms. The van der Waals surface area contributed by atoms with E-state index in [9.17, 15) is 0 Å². The third-order valence-electron chi connectivity index (χ3n) is 4.05. The van der Waals surface area contributed by atoms with Crippen LogP contribution in [0.2, 0.25) is 5.02 Å². The lowest BCUT2D eigenvalue weighted by molar-refractivity contribution is 0.456. The van der Waals surface area contributed by atoms with Crippen molar-refractivity contribution in [3.8, 4) is 0 Å². The predicted octanol–water partition coefficient (Wildman–Crippen LogP) is 5.27. The van der Waals surface area contributed by atoms with Crippen LogP contribution < -0.4 is 5.32 Å². The van der Waals surface area contributed by atoms with Crippen LogP contribution in [0, 0.1) is 6.92 Å². The first-order valence-electron chi connectivity index (χ1n) is 7.47. The van der Waals surface area contributed by atoms with Crippen molar-refractivity contribution < 1.29 is 0 Å². The van der Waals surface area contributed by atoms with Gasteiger partial charge in [-0.1, -0.05) is 41.6 Å². The fourth-order valence-electron chi connectivity index (χ4n) is 2.89. The van der Waals surface area contributed by atoms with Gasteiger partial charge in [-0.15, -0.1) is 0 Å². The van der Waals surface area contributed by atoms with Crippen LogP contribution in [-0.2, 0) is 0 Å². The Balaban J connectivity index is 1.88. The van der Waals surface area contributed by atoms with Crippen LogP contribution in [0.25, 0.3) is 0 Å². The molecular formula is C18H20ClNS. The van der Waals surface area contributed by atoms with Gasteiger partial charge in [0, 0.05) is 14.8 Å². The summed E-state index contributed by atoms with van der Waals surface area (Å²) in [5.74, 6) is 0.683. The number of nitrogens with one attached hydrogen (secondary N) is 1. The van der Waals surface area contributed by atoms with Crippen molar-refractivity contribution in [3.05, 3.63) is 58.6 Å². The lowest BCUT2D eigenvalue weighted by Gasteiger charge is -2.25. The molecule has 3 heteroatoms. The van der Waals surface area contributed by atoms with Gasteiger partial charge in [-0.25, -0.2) is 0 Å². The molecule has 1 saturated heterocycles. The van der Waals surface area contributed by atoms with Gasteiger partial charge >= 0.3 is 0 Å². The Labute approximate surface area is 136 Å². The molecule has 0 bridgehead atoms. The van der Waals surface area contributed by atoms with Crippen molar-refractivity contribution in [2.75, 3.05) is 13.1 Å². The molecule has 110 valence electrons. The molecule has 0 aromatic heterocycles. The molecule has 0 aliphatic carbocycles. The topological polar surface area (TPSA) is 12.0 Å². The number of halogens is 1. The van der Waals surface area contributed by atoms with Crippen LogP contribution in [0.5, 0.6) is 0 Å². The van der Waals surface area contributed by atoms with Crippen molar-refractivity contribution in [3.63, 3.8) is 0 Å². The smallest absolute Gasteiger partial charge is 0.0409 e. The summed E-state index contributed by atoms with van der Waals surface area (Å²) in [6.45, 7) is 4.38. The van der Waals surface area contributed by atoms with Crippen LogP contribution >= 0.6 is 23.4 Å². The van der Waals surface area contributed by atoms with Crippen molar-refractivity contribution in [1.29, 1.82) is 0 Å². The second-order valence-electron chi connectivity index (χ2n) is 5.57. The van der Waals surface area contributed by atoms with E-state index in [1.807, 2.05) is 23.9 Å². The van der Waals surface area contributed by atoms with Crippen LogP contribution in [0.15, 0.2) is 52.3 Å². The molecule has 0 unspecified atom stereocenters. The fraction of sp³-hybridized carbons (Fsp3) is 0.333. The van der Waals surface area contributed by atoms with Gasteiger partial charge in [0.15, 0.2) is 0 Å². The van der Waals surface area contributed by atoms with Gasteiger partial charge < -0.3 is 5.32 Å². The van der Waals surface area contributed by atoms with Crippen molar-refractivity contribution >= 4 is 23.4 Å². The molecule has 1 nitrogen and oxygen atoms in total. The highest BCUT2D eigenvalue weighted by atomic mass is 35.5. The molecule has 0 saturated carbocycles. The van der Waals surface area contributed by atoms with E-state index in [0.29, 0.717) is 5.92 Å². The summed E-state index contributed by atoms with van der Waals surface area (Å²) >= 11 is 7.92. The van der Waals surface area contributed by atoms with Crippen LogP contribution in [0.4, 0.5) is 0 Å². The Bertz CT molecular complexity index is 620. The molecule has 3 rings (SSSR count). The highest BCUT2D eigenvalue weighted by Crippen LogP contribution is 2.38. The van der Waals surface area contributed by atoms with Crippen molar-refractivity contribution in [2.24, 2.45) is 0 Å². The lowest BCUT2D eigenvalue weighted by atomic mass is 9.90. The molecule has 0 radical (unpaired) electrons. The van der Waals surface area contributed by atoms with E-state index in [1.54, 1.807) is 0 Å². The molecule has 1 aliphatic heterocycles. The van der Waals surface area contributed by atoms with Crippen LogP contribution in [0.3, 0.4) is 0 Å². The third kappa shape index (κ3) is 3.63. The maximum absolute atomic E-state index is 6.06. The Kier molecular flexibility index (Phi) is 4.89. The van der Waals surface area contributed by atoms with Crippen molar-refractivity contribution in [1.82, 2.24) is 5.32 Å². The van der Waals surface area contributed by atoms with Gasteiger partial charge in [-0.3, -0.25) is 0 Å². The molecular weight excluding hydrogens is 298 g/mol. The Morgan fingerprint density at radius 2 is 1.81 bits per heavy atom. The zero-order valence-corrected chi connectivity index (χ0v) is 13.8. The summed E-state index contributed by atoms with van der Waals surface area (Å²) in [5, 5.41) is 4.26. The highest BCUT2D eigenvalue weighted by Gasteiger charge is 2.18. The molecule has 1 fully saturated rings. The number of aryl methyl sites for hydroxylation is 1. The summed E-state index contributed by atoms with van der Waals surface area (Å²) in [6.07, 6.45) is 2.47. The first-order valence-corrected chi connectivity index (χ1v) is 8.67. The number of hydrogen-bond donors (Lipinski definition) is 1. The van der Waals surface area contributed by atoms with Gasteiger partial charge in [-0.05, 0) is 74.2 Å². The SMILES string of the molecule is Cc1cc(Cl)ccc1Sc1ccccc1C1CCNCC1. The van der Waals surface area contributed by atoms with Gasteiger partial charge in [0.25, 0.3) is 0 Å². The lowest BCUT2D eigenvalue weighted by Crippen LogP contribution is -2.26. The van der Waals surface area contributed by atoms with Gasteiger partial charge in [0.1, 0.15) is 0 Å². The van der Waals surface area contributed by atoms with Gasteiger partial charge in [0.2, 0.25) is 0 Å². The van der Waals surface area contributed by atoms with E-state index in [4.69, 9.17) is 11.6 Å². The number of hydrogen-bond acceptors (Lipinski definition) is 2.